The van der Waals surface area contributed by atoms with E-state index in [0.29, 0.717) is 16.1 Å². The lowest BCUT2D eigenvalue weighted by atomic mass is 10.0. The Morgan fingerprint density at radius 3 is 2.60 bits per heavy atom. The molecule has 9 heteroatoms. The van der Waals surface area contributed by atoms with Crippen molar-refractivity contribution < 1.29 is 27.2 Å². The van der Waals surface area contributed by atoms with Crippen molar-refractivity contribution in [3.05, 3.63) is 87.4 Å². The number of hydrogen-bond donors (Lipinski definition) is 1. The van der Waals surface area contributed by atoms with Gasteiger partial charge in [0.25, 0.3) is 5.91 Å². The number of rotatable bonds is 2. The van der Waals surface area contributed by atoms with Gasteiger partial charge in [-0.1, -0.05) is 12.1 Å². The van der Waals surface area contributed by atoms with Crippen LogP contribution in [0.15, 0.2) is 60.0 Å². The summed E-state index contributed by atoms with van der Waals surface area (Å²) < 4.78 is 53.4. The Bertz CT molecular complexity index is 1110. The van der Waals surface area contributed by atoms with Crippen LogP contribution in [-0.2, 0) is 11.0 Å². The predicted molar refractivity (Wildman–Crippen MR) is 104 cm³/mol. The third-order valence-corrected chi connectivity index (χ3v) is 5.64. The molecule has 0 saturated heterocycles. The highest BCUT2D eigenvalue weighted by Crippen LogP contribution is 2.39. The molecule has 1 aromatic heterocycles. The van der Waals surface area contributed by atoms with E-state index in [1.807, 2.05) is 0 Å². The Balaban J connectivity index is 1.84. The van der Waals surface area contributed by atoms with Crippen LogP contribution in [0.4, 0.5) is 23.2 Å². The van der Waals surface area contributed by atoms with Crippen LogP contribution >= 0.6 is 11.3 Å². The largest absolute Gasteiger partial charge is 0.416 e. The quantitative estimate of drug-likeness (QED) is 0.572. The van der Waals surface area contributed by atoms with E-state index < -0.39 is 42.0 Å². The molecule has 1 unspecified atom stereocenters. The van der Waals surface area contributed by atoms with Crippen LogP contribution in [0.2, 0.25) is 0 Å². The van der Waals surface area contributed by atoms with Crippen molar-refractivity contribution in [3.8, 4) is 0 Å². The van der Waals surface area contributed by atoms with E-state index in [4.69, 9.17) is 0 Å². The molecule has 0 bridgehead atoms. The van der Waals surface area contributed by atoms with Crippen molar-refractivity contribution in [1.82, 2.24) is 4.90 Å². The van der Waals surface area contributed by atoms with Crippen LogP contribution < -0.4 is 5.32 Å². The summed E-state index contributed by atoms with van der Waals surface area (Å²) in [7, 11) is 0. The van der Waals surface area contributed by atoms with E-state index >= 15 is 0 Å². The van der Waals surface area contributed by atoms with E-state index in [9.17, 15) is 27.2 Å². The molecule has 0 aliphatic carbocycles. The van der Waals surface area contributed by atoms with Crippen LogP contribution in [-0.4, -0.2) is 23.3 Å². The van der Waals surface area contributed by atoms with Gasteiger partial charge in [0.15, 0.2) is 0 Å². The molecular weight excluding hydrogens is 420 g/mol. The molecule has 4 rings (SSSR count). The summed E-state index contributed by atoms with van der Waals surface area (Å²) in [6.07, 6.45) is -4.62. The van der Waals surface area contributed by atoms with Gasteiger partial charge in [-0.15, -0.1) is 11.3 Å². The minimum absolute atomic E-state index is 0.209. The minimum atomic E-state index is -4.62. The number of nitrogens with one attached hydrogen (secondary N) is 1. The molecule has 0 saturated carbocycles. The molecule has 0 spiro atoms. The number of thiophene rings is 1. The first-order chi connectivity index (χ1) is 14.2. The number of carbonyl (C=O) groups excluding carboxylic acids is 2. The zero-order valence-electron chi connectivity index (χ0n) is 15.2. The lowest BCUT2D eigenvalue weighted by Crippen LogP contribution is -2.38. The smallest absolute Gasteiger partial charge is 0.324 e. The van der Waals surface area contributed by atoms with Crippen molar-refractivity contribution in [2.24, 2.45) is 0 Å². The fraction of sp³-hybridized carbons (Fsp3) is 0.143. The Morgan fingerprint density at radius 2 is 1.90 bits per heavy atom. The number of benzene rings is 2. The molecule has 1 atom stereocenters. The number of anilines is 1. The first-order valence-electron chi connectivity index (χ1n) is 8.85. The molecule has 0 fully saturated rings. The van der Waals surface area contributed by atoms with Gasteiger partial charge >= 0.3 is 6.18 Å². The summed E-state index contributed by atoms with van der Waals surface area (Å²) in [5.74, 6) is -1.84. The fourth-order valence-electron chi connectivity index (χ4n) is 3.41. The number of hydrogen-bond acceptors (Lipinski definition) is 3. The predicted octanol–water partition coefficient (Wildman–Crippen LogP) is 5.09. The van der Waals surface area contributed by atoms with Gasteiger partial charge < -0.3 is 10.2 Å². The maximum atomic E-state index is 14.0. The first kappa shape index (κ1) is 20.1. The number of halogens is 4. The summed E-state index contributed by atoms with van der Waals surface area (Å²) >= 11 is 1.30. The van der Waals surface area contributed by atoms with E-state index in [1.54, 1.807) is 17.5 Å². The van der Waals surface area contributed by atoms with Gasteiger partial charge in [0, 0.05) is 21.7 Å². The second-order valence-corrected chi connectivity index (χ2v) is 7.69. The molecule has 30 heavy (non-hydrogen) atoms. The average molecular weight is 434 g/mol. The number of fused-ring (bicyclic) bond motifs is 1. The highest BCUT2D eigenvalue weighted by molar-refractivity contribution is 7.10. The lowest BCUT2D eigenvalue weighted by molar-refractivity contribution is -0.137. The summed E-state index contributed by atoms with van der Waals surface area (Å²) in [6.45, 7) is -0.395. The third kappa shape index (κ3) is 3.80. The Morgan fingerprint density at radius 1 is 1.10 bits per heavy atom. The van der Waals surface area contributed by atoms with Crippen LogP contribution in [0.25, 0.3) is 0 Å². The molecule has 0 radical (unpaired) electrons. The Kier molecular flexibility index (Phi) is 5.07. The number of carbonyl (C=O) groups is 2. The molecule has 2 heterocycles. The minimum Gasteiger partial charge on any atom is -0.324 e. The summed E-state index contributed by atoms with van der Waals surface area (Å²) in [5.41, 5.74) is -0.478. The molecule has 4 nitrogen and oxygen atoms in total. The van der Waals surface area contributed by atoms with E-state index in [1.165, 1.54) is 40.5 Å². The molecule has 1 aliphatic heterocycles. The molecule has 2 amide bonds. The van der Waals surface area contributed by atoms with Crippen molar-refractivity contribution in [2.45, 2.75) is 12.2 Å². The Hall–Kier alpha value is -3.20. The normalized spacial score (nSPS) is 16.6. The number of nitrogens with zero attached hydrogens (tertiary/aromatic N) is 1. The van der Waals surface area contributed by atoms with E-state index in [2.05, 4.69) is 5.32 Å². The molecule has 2 aromatic carbocycles. The molecule has 1 N–H and O–H groups in total. The third-order valence-electron chi connectivity index (χ3n) is 4.72. The van der Waals surface area contributed by atoms with Gasteiger partial charge in [0.1, 0.15) is 12.4 Å². The standard InChI is InChI=1S/C21H14F4N2O2S/c22-14-6-7-16-15(10-14)19(17-5-2-8-30-17)27(11-18(28)26-16)20(29)12-3-1-4-13(9-12)21(23,24)25/h1-10,19H,11H2,(H,26,28). The molecule has 154 valence electrons. The molecular formula is C21H14F4N2O2S. The van der Waals surface area contributed by atoms with Gasteiger partial charge in [0.2, 0.25) is 5.91 Å². The van der Waals surface area contributed by atoms with Crippen LogP contribution in [0, 0.1) is 5.82 Å². The molecule has 3 aromatic rings. The Labute approximate surface area is 172 Å². The zero-order chi connectivity index (χ0) is 21.5. The highest BCUT2D eigenvalue weighted by atomic mass is 32.1. The van der Waals surface area contributed by atoms with E-state index in [-0.39, 0.29) is 5.56 Å². The number of alkyl halides is 3. The second kappa shape index (κ2) is 7.56. The topological polar surface area (TPSA) is 49.4 Å². The SMILES string of the molecule is O=C1CN(C(=O)c2cccc(C(F)(F)F)c2)C(c2cccs2)c2cc(F)ccc2N1. The van der Waals surface area contributed by atoms with Gasteiger partial charge in [-0.05, 0) is 47.8 Å². The summed E-state index contributed by atoms with van der Waals surface area (Å²) in [6, 6.07) is 10.5. The molecule has 1 aliphatic rings. The van der Waals surface area contributed by atoms with Crippen molar-refractivity contribution in [2.75, 3.05) is 11.9 Å². The van der Waals surface area contributed by atoms with Crippen LogP contribution in [0.5, 0.6) is 0 Å². The van der Waals surface area contributed by atoms with E-state index in [0.717, 1.165) is 18.2 Å². The summed E-state index contributed by atoms with van der Waals surface area (Å²) in [5, 5.41) is 4.40. The van der Waals surface area contributed by atoms with Crippen molar-refractivity contribution >= 4 is 28.8 Å². The zero-order valence-corrected chi connectivity index (χ0v) is 16.1. The first-order valence-corrected chi connectivity index (χ1v) is 9.73. The summed E-state index contributed by atoms with van der Waals surface area (Å²) in [4.78, 5) is 27.5. The van der Waals surface area contributed by atoms with Crippen LogP contribution in [0.1, 0.15) is 32.4 Å². The highest BCUT2D eigenvalue weighted by Gasteiger charge is 2.36. The van der Waals surface area contributed by atoms with Gasteiger partial charge in [-0.2, -0.15) is 13.2 Å². The second-order valence-electron chi connectivity index (χ2n) is 6.71. The maximum absolute atomic E-state index is 14.0. The van der Waals surface area contributed by atoms with Crippen molar-refractivity contribution in [3.63, 3.8) is 0 Å². The van der Waals surface area contributed by atoms with Crippen LogP contribution in [0.3, 0.4) is 0 Å². The van der Waals surface area contributed by atoms with Gasteiger partial charge in [-0.3, -0.25) is 9.59 Å². The van der Waals surface area contributed by atoms with Gasteiger partial charge in [-0.25, -0.2) is 4.39 Å². The lowest BCUT2D eigenvalue weighted by Gasteiger charge is -2.29. The monoisotopic (exact) mass is 434 g/mol. The fourth-order valence-corrected chi connectivity index (χ4v) is 4.27. The average Bonchev–Trinajstić information content (AvgIpc) is 3.18. The number of amides is 2. The van der Waals surface area contributed by atoms with Gasteiger partial charge in [0.05, 0.1) is 11.6 Å². The van der Waals surface area contributed by atoms with Crippen molar-refractivity contribution in [1.29, 1.82) is 0 Å². The maximum Gasteiger partial charge on any atom is 0.416 e.